The molecule has 0 aliphatic rings. The Morgan fingerprint density at radius 1 is 0.515 bits per heavy atom. The maximum Gasteiger partial charge on any atom is 0.255 e. The average molecular weight is 438 g/mol. The summed E-state index contributed by atoms with van der Waals surface area (Å²) in [5.74, 6) is 0.668. The van der Waals surface area contributed by atoms with Gasteiger partial charge in [-0.15, -0.1) is 0 Å². The van der Waals surface area contributed by atoms with Gasteiger partial charge in [0.25, 0.3) is 11.8 Å². The van der Waals surface area contributed by atoms with Gasteiger partial charge in [0.1, 0.15) is 11.5 Å². The fourth-order valence-corrected chi connectivity index (χ4v) is 3.02. The molecule has 0 spiro atoms. The molecule has 0 atom stereocenters. The van der Waals surface area contributed by atoms with E-state index in [1.54, 1.807) is 97.1 Å². The van der Waals surface area contributed by atoms with Gasteiger partial charge in [-0.05, 0) is 97.1 Å². The largest absolute Gasteiger partial charge is 0.457 e. The molecule has 0 aliphatic heterocycles. The zero-order chi connectivity index (χ0) is 23.2. The number of anilines is 4. The molecule has 0 unspecified atom stereocenters. The summed E-state index contributed by atoms with van der Waals surface area (Å²) < 4.78 is 5.82. The number of nitrogens with two attached hydrogens (primary N) is 2. The minimum atomic E-state index is -0.234. The van der Waals surface area contributed by atoms with Crippen LogP contribution >= 0.6 is 0 Å². The van der Waals surface area contributed by atoms with E-state index in [-0.39, 0.29) is 11.8 Å². The second-order valence-corrected chi connectivity index (χ2v) is 7.30. The van der Waals surface area contributed by atoms with Crippen molar-refractivity contribution in [3.05, 3.63) is 108 Å². The Morgan fingerprint density at radius 2 is 0.848 bits per heavy atom. The molecule has 33 heavy (non-hydrogen) atoms. The van der Waals surface area contributed by atoms with Gasteiger partial charge in [-0.2, -0.15) is 0 Å². The summed E-state index contributed by atoms with van der Waals surface area (Å²) in [4.78, 5) is 24.8. The number of nitrogen functional groups attached to an aromatic ring is 2. The van der Waals surface area contributed by atoms with Crippen molar-refractivity contribution < 1.29 is 14.3 Å². The second-order valence-electron chi connectivity index (χ2n) is 7.30. The molecule has 0 saturated heterocycles. The highest BCUT2D eigenvalue weighted by atomic mass is 16.5. The summed E-state index contributed by atoms with van der Waals surface area (Å²) in [6.07, 6.45) is 0. The average Bonchev–Trinajstić information content (AvgIpc) is 2.83. The monoisotopic (exact) mass is 438 g/mol. The van der Waals surface area contributed by atoms with E-state index in [2.05, 4.69) is 10.6 Å². The van der Waals surface area contributed by atoms with Gasteiger partial charge in [0.05, 0.1) is 0 Å². The summed E-state index contributed by atoms with van der Waals surface area (Å²) in [5.41, 5.74) is 14.9. The van der Waals surface area contributed by atoms with E-state index in [0.717, 1.165) is 0 Å². The summed E-state index contributed by atoms with van der Waals surface area (Å²) in [6.45, 7) is 0. The van der Waals surface area contributed by atoms with E-state index in [1.807, 2.05) is 0 Å². The van der Waals surface area contributed by atoms with Crippen molar-refractivity contribution in [1.29, 1.82) is 0 Å². The molecule has 0 aliphatic carbocycles. The van der Waals surface area contributed by atoms with Crippen LogP contribution in [0.15, 0.2) is 97.1 Å². The fraction of sp³-hybridized carbons (Fsp3) is 0. The van der Waals surface area contributed by atoms with Gasteiger partial charge in [-0.3, -0.25) is 9.59 Å². The van der Waals surface area contributed by atoms with Crippen LogP contribution in [-0.2, 0) is 0 Å². The van der Waals surface area contributed by atoms with Crippen molar-refractivity contribution in [2.75, 3.05) is 22.1 Å². The highest BCUT2D eigenvalue weighted by Gasteiger charge is 2.09. The number of carbonyl (C=O) groups is 2. The molecule has 6 N–H and O–H groups in total. The van der Waals surface area contributed by atoms with Crippen LogP contribution in [0.25, 0.3) is 0 Å². The third-order valence-corrected chi connectivity index (χ3v) is 4.81. The van der Waals surface area contributed by atoms with E-state index in [1.165, 1.54) is 0 Å². The van der Waals surface area contributed by atoms with Crippen molar-refractivity contribution in [3.8, 4) is 11.5 Å². The Hall–Kier alpha value is -4.78. The third kappa shape index (κ3) is 5.68. The van der Waals surface area contributed by atoms with Crippen molar-refractivity contribution >= 4 is 34.6 Å². The molecule has 164 valence electrons. The first-order chi connectivity index (χ1) is 16.0. The molecule has 0 bridgehead atoms. The molecule has 0 heterocycles. The lowest BCUT2D eigenvalue weighted by atomic mass is 10.2. The summed E-state index contributed by atoms with van der Waals surface area (Å²) in [7, 11) is 0. The Morgan fingerprint density at radius 3 is 1.18 bits per heavy atom. The van der Waals surface area contributed by atoms with Gasteiger partial charge < -0.3 is 26.8 Å². The number of benzene rings is 4. The number of ether oxygens (including phenoxy) is 1. The lowest BCUT2D eigenvalue weighted by Crippen LogP contribution is -2.11. The van der Waals surface area contributed by atoms with E-state index in [9.17, 15) is 9.59 Å². The molecule has 0 aromatic heterocycles. The number of amides is 2. The lowest BCUT2D eigenvalue weighted by Gasteiger charge is -2.09. The lowest BCUT2D eigenvalue weighted by molar-refractivity contribution is 0.101. The Bertz CT molecular complexity index is 1150. The molecule has 2 amide bonds. The molecular weight excluding hydrogens is 416 g/mol. The molecule has 4 rings (SSSR count). The number of carbonyl (C=O) groups excluding carboxylic acids is 2. The minimum Gasteiger partial charge on any atom is -0.457 e. The van der Waals surface area contributed by atoms with Crippen LogP contribution in [0.3, 0.4) is 0 Å². The highest BCUT2D eigenvalue weighted by Crippen LogP contribution is 2.23. The van der Waals surface area contributed by atoms with Crippen LogP contribution in [0.2, 0.25) is 0 Å². The van der Waals surface area contributed by atoms with Crippen LogP contribution in [0, 0.1) is 0 Å². The molecular formula is C26H22N4O3. The number of nitrogens with one attached hydrogen (secondary N) is 2. The van der Waals surface area contributed by atoms with Gasteiger partial charge in [0.15, 0.2) is 0 Å². The first-order valence-electron chi connectivity index (χ1n) is 10.2. The van der Waals surface area contributed by atoms with Crippen molar-refractivity contribution in [2.24, 2.45) is 0 Å². The van der Waals surface area contributed by atoms with Gasteiger partial charge in [-0.25, -0.2) is 0 Å². The Balaban J connectivity index is 1.34. The first kappa shape index (κ1) is 21.5. The maximum absolute atomic E-state index is 12.4. The SMILES string of the molecule is Nc1ccc(NC(=O)c2ccc(Oc3ccc(C(=O)Nc4ccc(N)cc4)cc3)cc2)cc1. The minimum absolute atomic E-state index is 0.234. The molecule has 7 heteroatoms. The normalized spacial score (nSPS) is 10.3. The topological polar surface area (TPSA) is 119 Å². The van der Waals surface area contributed by atoms with Crippen LogP contribution < -0.4 is 26.8 Å². The quantitative estimate of drug-likeness (QED) is 0.311. The van der Waals surface area contributed by atoms with Gasteiger partial charge in [0, 0.05) is 33.9 Å². The van der Waals surface area contributed by atoms with E-state index < -0.39 is 0 Å². The molecule has 0 radical (unpaired) electrons. The fourth-order valence-electron chi connectivity index (χ4n) is 3.02. The van der Waals surface area contributed by atoms with Gasteiger partial charge >= 0.3 is 0 Å². The zero-order valence-electron chi connectivity index (χ0n) is 17.6. The van der Waals surface area contributed by atoms with E-state index in [0.29, 0.717) is 45.4 Å². The van der Waals surface area contributed by atoms with Gasteiger partial charge in [0.2, 0.25) is 0 Å². The van der Waals surface area contributed by atoms with Crippen molar-refractivity contribution in [1.82, 2.24) is 0 Å². The van der Waals surface area contributed by atoms with Crippen LogP contribution in [0.4, 0.5) is 22.7 Å². The van der Waals surface area contributed by atoms with E-state index >= 15 is 0 Å². The maximum atomic E-state index is 12.4. The second kappa shape index (κ2) is 9.57. The Labute approximate surface area is 191 Å². The number of rotatable bonds is 6. The van der Waals surface area contributed by atoms with Crippen LogP contribution in [0.1, 0.15) is 20.7 Å². The smallest absolute Gasteiger partial charge is 0.255 e. The summed E-state index contributed by atoms with van der Waals surface area (Å²) in [5, 5.41) is 5.62. The van der Waals surface area contributed by atoms with Gasteiger partial charge in [-0.1, -0.05) is 0 Å². The number of hydrogen-bond donors (Lipinski definition) is 4. The van der Waals surface area contributed by atoms with E-state index in [4.69, 9.17) is 16.2 Å². The summed E-state index contributed by atoms with van der Waals surface area (Å²) >= 11 is 0. The summed E-state index contributed by atoms with van der Waals surface area (Å²) in [6, 6.07) is 27.4. The highest BCUT2D eigenvalue weighted by molar-refractivity contribution is 6.05. The molecule has 7 nitrogen and oxygen atoms in total. The van der Waals surface area contributed by atoms with Crippen molar-refractivity contribution in [3.63, 3.8) is 0 Å². The predicted molar refractivity (Wildman–Crippen MR) is 131 cm³/mol. The standard InChI is InChI=1S/C26H22N4O3/c27-19-5-9-21(10-6-19)29-25(31)17-1-13-23(14-2-17)33-24-15-3-18(4-16-24)26(32)30-22-11-7-20(28)8-12-22/h1-16H,27-28H2,(H,29,31)(H,30,32). The zero-order valence-corrected chi connectivity index (χ0v) is 17.6. The molecule has 0 fully saturated rings. The van der Waals surface area contributed by atoms with Crippen LogP contribution in [-0.4, -0.2) is 11.8 Å². The van der Waals surface area contributed by atoms with Crippen LogP contribution in [0.5, 0.6) is 11.5 Å². The van der Waals surface area contributed by atoms with Crippen molar-refractivity contribution in [2.45, 2.75) is 0 Å². The third-order valence-electron chi connectivity index (χ3n) is 4.81. The Kier molecular flexibility index (Phi) is 6.22. The first-order valence-corrected chi connectivity index (χ1v) is 10.2. The molecule has 0 saturated carbocycles. The molecule has 4 aromatic carbocycles. The predicted octanol–water partition coefficient (Wildman–Crippen LogP) is 5.15. The molecule has 4 aromatic rings. The number of hydrogen-bond acceptors (Lipinski definition) is 5.